The summed E-state index contributed by atoms with van der Waals surface area (Å²) in [4.78, 5) is 18.3. The first-order valence-electron chi connectivity index (χ1n) is 6.82. The molecule has 0 saturated carbocycles. The fourth-order valence-corrected chi connectivity index (χ4v) is 2.85. The lowest BCUT2D eigenvalue weighted by Crippen LogP contribution is -2.59. The van der Waals surface area contributed by atoms with Gasteiger partial charge in [0.05, 0.1) is 24.1 Å². The number of urea groups is 1. The molecule has 3 rings (SSSR count). The fraction of sp³-hybridized carbons (Fsp3) is 0.333. The van der Waals surface area contributed by atoms with E-state index >= 15 is 0 Å². The number of likely N-dealkylation sites (tertiary alicyclic amines) is 1. The minimum atomic E-state index is -0.121. The van der Waals surface area contributed by atoms with Gasteiger partial charge in [0.1, 0.15) is 0 Å². The van der Waals surface area contributed by atoms with Crippen molar-refractivity contribution in [1.82, 2.24) is 20.1 Å². The number of amides is 2. The number of nitrogens with zero attached hydrogens (tertiary/aromatic N) is 4. The van der Waals surface area contributed by atoms with Gasteiger partial charge >= 0.3 is 6.03 Å². The summed E-state index contributed by atoms with van der Waals surface area (Å²) in [5, 5.41) is 10.3. The molecule has 0 aromatic carbocycles. The van der Waals surface area contributed by atoms with Crippen molar-refractivity contribution in [2.24, 2.45) is 5.41 Å². The van der Waals surface area contributed by atoms with E-state index in [4.69, 9.17) is 0 Å². The standard InChI is InChI=1S/C15H17N5O/c1-15(2)10-20(13(15)11-3-6-16-7-4-11)14(21)19-12-5-8-17-18-9-12/h3-9,13H,10H2,1-2H3,(H,17,19,21). The van der Waals surface area contributed by atoms with Gasteiger partial charge in [-0.2, -0.15) is 10.2 Å². The van der Waals surface area contributed by atoms with E-state index in [1.807, 2.05) is 17.0 Å². The Labute approximate surface area is 123 Å². The largest absolute Gasteiger partial charge is 0.322 e. The highest BCUT2D eigenvalue weighted by molar-refractivity contribution is 5.90. The van der Waals surface area contributed by atoms with Crippen LogP contribution in [0.1, 0.15) is 25.5 Å². The topological polar surface area (TPSA) is 71.0 Å². The van der Waals surface area contributed by atoms with E-state index in [1.54, 1.807) is 24.7 Å². The van der Waals surface area contributed by atoms with Crippen LogP contribution in [0.15, 0.2) is 43.0 Å². The van der Waals surface area contributed by atoms with Crippen LogP contribution in [0, 0.1) is 5.41 Å². The second-order valence-corrected chi connectivity index (χ2v) is 5.86. The number of hydrogen-bond acceptors (Lipinski definition) is 4. The van der Waals surface area contributed by atoms with Gasteiger partial charge in [-0.1, -0.05) is 13.8 Å². The number of nitrogens with one attached hydrogen (secondary N) is 1. The monoisotopic (exact) mass is 283 g/mol. The summed E-state index contributed by atoms with van der Waals surface area (Å²) < 4.78 is 0. The first-order chi connectivity index (χ1) is 10.1. The molecule has 1 aliphatic heterocycles. The van der Waals surface area contributed by atoms with Gasteiger partial charge in [0.15, 0.2) is 0 Å². The zero-order chi connectivity index (χ0) is 14.9. The van der Waals surface area contributed by atoms with Gasteiger partial charge in [-0.05, 0) is 23.8 Å². The molecule has 108 valence electrons. The Kier molecular flexibility index (Phi) is 3.29. The smallest absolute Gasteiger partial charge is 0.316 e. The minimum Gasteiger partial charge on any atom is -0.316 e. The van der Waals surface area contributed by atoms with Crippen LogP contribution in [0.3, 0.4) is 0 Å². The first-order valence-corrected chi connectivity index (χ1v) is 6.82. The maximum atomic E-state index is 12.4. The van der Waals surface area contributed by atoms with E-state index in [0.29, 0.717) is 12.2 Å². The highest BCUT2D eigenvalue weighted by Crippen LogP contribution is 2.48. The van der Waals surface area contributed by atoms with Crippen LogP contribution in [0.4, 0.5) is 10.5 Å². The van der Waals surface area contributed by atoms with Crippen molar-refractivity contribution in [1.29, 1.82) is 0 Å². The zero-order valence-electron chi connectivity index (χ0n) is 12.0. The first kappa shape index (κ1) is 13.5. The molecule has 2 aromatic rings. The molecule has 0 aliphatic carbocycles. The number of rotatable bonds is 2. The van der Waals surface area contributed by atoms with Crippen molar-refractivity contribution in [3.05, 3.63) is 48.5 Å². The molecule has 1 N–H and O–H groups in total. The number of carbonyl (C=O) groups is 1. The second-order valence-electron chi connectivity index (χ2n) is 5.86. The third kappa shape index (κ3) is 2.56. The lowest BCUT2D eigenvalue weighted by molar-refractivity contribution is -0.0115. The van der Waals surface area contributed by atoms with Crippen molar-refractivity contribution < 1.29 is 4.79 Å². The molecule has 0 bridgehead atoms. The average molecular weight is 283 g/mol. The quantitative estimate of drug-likeness (QED) is 0.919. The van der Waals surface area contributed by atoms with Crippen LogP contribution in [0.25, 0.3) is 0 Å². The molecule has 1 aliphatic rings. The molecule has 21 heavy (non-hydrogen) atoms. The molecule has 2 aromatic heterocycles. The van der Waals surface area contributed by atoms with Crippen LogP contribution in [-0.2, 0) is 0 Å². The Morgan fingerprint density at radius 2 is 2.00 bits per heavy atom. The molecule has 0 radical (unpaired) electrons. The zero-order valence-corrected chi connectivity index (χ0v) is 12.0. The number of pyridine rings is 1. The van der Waals surface area contributed by atoms with Crippen LogP contribution in [0.2, 0.25) is 0 Å². The molecular formula is C15H17N5O. The van der Waals surface area contributed by atoms with Gasteiger partial charge in [0.2, 0.25) is 0 Å². The molecule has 2 amide bonds. The van der Waals surface area contributed by atoms with Gasteiger partial charge in [0.25, 0.3) is 0 Å². The Balaban J connectivity index is 1.78. The van der Waals surface area contributed by atoms with Gasteiger partial charge < -0.3 is 10.2 Å². The van der Waals surface area contributed by atoms with E-state index in [0.717, 1.165) is 5.56 Å². The van der Waals surface area contributed by atoms with E-state index < -0.39 is 0 Å². The summed E-state index contributed by atoms with van der Waals surface area (Å²) in [6, 6.07) is 5.57. The minimum absolute atomic E-state index is 0.0508. The highest BCUT2D eigenvalue weighted by atomic mass is 16.2. The van der Waals surface area contributed by atoms with Gasteiger partial charge in [-0.25, -0.2) is 4.79 Å². The summed E-state index contributed by atoms with van der Waals surface area (Å²) in [6.45, 7) is 5.04. The third-order valence-electron chi connectivity index (χ3n) is 3.75. The maximum Gasteiger partial charge on any atom is 0.322 e. The SMILES string of the molecule is CC1(C)CN(C(=O)Nc2ccnnc2)C1c1ccncc1. The van der Waals surface area contributed by atoms with Gasteiger partial charge in [0, 0.05) is 24.4 Å². The summed E-state index contributed by atoms with van der Waals surface area (Å²) in [6.07, 6.45) is 6.60. The highest BCUT2D eigenvalue weighted by Gasteiger charge is 2.48. The van der Waals surface area contributed by atoms with Gasteiger partial charge in [-0.15, -0.1) is 0 Å². The Morgan fingerprint density at radius 3 is 2.62 bits per heavy atom. The molecule has 1 saturated heterocycles. The summed E-state index contributed by atoms with van der Waals surface area (Å²) in [7, 11) is 0. The Morgan fingerprint density at radius 1 is 1.24 bits per heavy atom. The molecule has 1 unspecified atom stereocenters. The summed E-state index contributed by atoms with van der Waals surface area (Å²) in [5.74, 6) is 0. The summed E-state index contributed by atoms with van der Waals surface area (Å²) >= 11 is 0. The fourth-order valence-electron chi connectivity index (χ4n) is 2.85. The van der Waals surface area contributed by atoms with E-state index in [2.05, 4.69) is 34.3 Å². The predicted molar refractivity (Wildman–Crippen MR) is 78.5 cm³/mol. The second kappa shape index (κ2) is 5.12. The lowest BCUT2D eigenvalue weighted by atomic mass is 9.72. The molecule has 3 heterocycles. The molecule has 6 nitrogen and oxygen atoms in total. The number of hydrogen-bond donors (Lipinski definition) is 1. The van der Waals surface area contributed by atoms with Crippen molar-refractivity contribution in [3.63, 3.8) is 0 Å². The Bertz CT molecular complexity index is 629. The lowest BCUT2D eigenvalue weighted by Gasteiger charge is -2.54. The molecule has 1 atom stereocenters. The molecule has 0 spiro atoms. The number of anilines is 1. The Hall–Kier alpha value is -2.50. The van der Waals surface area contributed by atoms with Crippen LogP contribution >= 0.6 is 0 Å². The number of aromatic nitrogens is 3. The van der Waals surface area contributed by atoms with E-state index in [-0.39, 0.29) is 17.5 Å². The molecule has 1 fully saturated rings. The van der Waals surface area contributed by atoms with Crippen LogP contribution < -0.4 is 5.32 Å². The molecule has 6 heteroatoms. The van der Waals surface area contributed by atoms with Crippen molar-refractivity contribution in [3.8, 4) is 0 Å². The van der Waals surface area contributed by atoms with E-state index in [1.165, 1.54) is 6.20 Å². The normalized spacial score (nSPS) is 19.7. The maximum absolute atomic E-state index is 12.4. The van der Waals surface area contributed by atoms with E-state index in [9.17, 15) is 4.79 Å². The van der Waals surface area contributed by atoms with Gasteiger partial charge in [-0.3, -0.25) is 4.98 Å². The van der Waals surface area contributed by atoms with Crippen LogP contribution in [0.5, 0.6) is 0 Å². The predicted octanol–water partition coefficient (Wildman–Crippen LogP) is 2.49. The number of carbonyl (C=O) groups excluding carboxylic acids is 1. The summed E-state index contributed by atoms with van der Waals surface area (Å²) in [5.41, 5.74) is 1.80. The average Bonchev–Trinajstić information content (AvgIpc) is 2.47. The third-order valence-corrected chi connectivity index (χ3v) is 3.75. The van der Waals surface area contributed by atoms with Crippen molar-refractivity contribution >= 4 is 11.7 Å². The van der Waals surface area contributed by atoms with Crippen LogP contribution in [-0.4, -0.2) is 32.7 Å². The van der Waals surface area contributed by atoms with Crippen molar-refractivity contribution in [2.45, 2.75) is 19.9 Å². The van der Waals surface area contributed by atoms with Crippen molar-refractivity contribution in [2.75, 3.05) is 11.9 Å². The molecular weight excluding hydrogens is 266 g/mol.